The van der Waals surface area contributed by atoms with E-state index >= 15 is 0 Å². The van der Waals surface area contributed by atoms with Gasteiger partial charge in [-0.05, 0) is 25.5 Å². The maximum Gasteiger partial charge on any atom is 0.287 e. The number of fused-ring (bicyclic) bond motifs is 1. The molecule has 29 heavy (non-hydrogen) atoms. The molecular formula is C19H26N6O3S. The molecule has 0 unspecified atom stereocenters. The van der Waals surface area contributed by atoms with E-state index in [2.05, 4.69) is 32.6 Å². The lowest BCUT2D eigenvalue weighted by Crippen LogP contribution is -2.27. The molecule has 3 aromatic rings. The molecule has 0 atom stereocenters. The molecule has 0 aliphatic heterocycles. The van der Waals surface area contributed by atoms with Gasteiger partial charge in [-0.25, -0.2) is 14.6 Å². The van der Waals surface area contributed by atoms with Gasteiger partial charge >= 0.3 is 0 Å². The van der Waals surface area contributed by atoms with Gasteiger partial charge in [0.05, 0.1) is 31.0 Å². The van der Waals surface area contributed by atoms with Gasteiger partial charge < -0.3 is 19.8 Å². The Hall–Kier alpha value is -2.59. The average Bonchev–Trinajstić information content (AvgIpc) is 3.40. The Morgan fingerprint density at radius 2 is 2.21 bits per heavy atom. The largest absolute Gasteiger partial charge is 0.459 e. The molecular weight excluding hydrogens is 392 g/mol. The maximum atomic E-state index is 12.0. The normalized spacial score (nSPS) is 11.1. The maximum absolute atomic E-state index is 12.0. The van der Waals surface area contributed by atoms with Crippen molar-refractivity contribution in [1.82, 2.24) is 25.1 Å². The van der Waals surface area contributed by atoms with Crippen molar-refractivity contribution in [2.45, 2.75) is 32.0 Å². The molecule has 0 fully saturated rings. The molecule has 156 valence electrons. The van der Waals surface area contributed by atoms with E-state index in [-0.39, 0.29) is 11.7 Å². The van der Waals surface area contributed by atoms with E-state index in [1.807, 2.05) is 6.92 Å². The summed E-state index contributed by atoms with van der Waals surface area (Å²) < 4.78 is 12.3. The summed E-state index contributed by atoms with van der Waals surface area (Å²) in [4.78, 5) is 21.3. The predicted molar refractivity (Wildman–Crippen MR) is 112 cm³/mol. The Bertz CT molecular complexity index is 912. The SMILES string of the molecule is CCCSc1nc(NCCOCC)c2cnn(CCNC(=O)c3ccco3)c2n1. The lowest BCUT2D eigenvalue weighted by molar-refractivity contribution is 0.0924. The molecule has 0 spiro atoms. The molecule has 0 aliphatic carbocycles. The number of aromatic nitrogens is 4. The van der Waals surface area contributed by atoms with Crippen molar-refractivity contribution >= 4 is 34.5 Å². The zero-order valence-corrected chi connectivity index (χ0v) is 17.5. The molecule has 0 aliphatic rings. The first-order valence-electron chi connectivity index (χ1n) is 9.72. The Balaban J connectivity index is 1.72. The highest BCUT2D eigenvalue weighted by atomic mass is 32.2. The summed E-state index contributed by atoms with van der Waals surface area (Å²) in [7, 11) is 0. The first kappa shape index (κ1) is 21.1. The van der Waals surface area contributed by atoms with Gasteiger partial charge in [0.25, 0.3) is 5.91 Å². The van der Waals surface area contributed by atoms with Crippen molar-refractivity contribution < 1.29 is 13.9 Å². The minimum atomic E-state index is -0.251. The number of thioether (sulfide) groups is 1. The standard InChI is InChI=1S/C19H26N6O3S/c1-3-12-29-19-23-16(20-8-11-27-4-2)14-13-22-25(17(14)24-19)9-7-21-18(26)15-6-5-10-28-15/h5-6,10,13H,3-4,7-9,11-12H2,1-2H3,(H,21,26)(H,20,23,24). The third kappa shape index (κ3) is 5.70. The van der Waals surface area contributed by atoms with Gasteiger partial charge in [-0.3, -0.25) is 4.79 Å². The minimum Gasteiger partial charge on any atom is -0.459 e. The van der Waals surface area contributed by atoms with E-state index in [4.69, 9.17) is 9.15 Å². The van der Waals surface area contributed by atoms with Crippen LogP contribution in [0.3, 0.4) is 0 Å². The summed E-state index contributed by atoms with van der Waals surface area (Å²) in [6, 6.07) is 3.31. The number of amides is 1. The number of furan rings is 1. The highest BCUT2D eigenvalue weighted by Crippen LogP contribution is 2.24. The molecule has 2 N–H and O–H groups in total. The van der Waals surface area contributed by atoms with Crippen LogP contribution in [0.15, 0.2) is 34.2 Å². The second kappa shape index (κ2) is 10.8. The molecule has 9 nitrogen and oxygen atoms in total. The van der Waals surface area contributed by atoms with E-state index in [0.717, 1.165) is 29.0 Å². The number of anilines is 1. The van der Waals surface area contributed by atoms with Crippen molar-refractivity contribution in [3.63, 3.8) is 0 Å². The number of ether oxygens (including phenoxy) is 1. The third-order valence-corrected chi connectivity index (χ3v) is 5.06. The van der Waals surface area contributed by atoms with Gasteiger partial charge in [0.1, 0.15) is 5.82 Å². The number of hydrogen-bond acceptors (Lipinski definition) is 8. The van der Waals surface area contributed by atoms with Crippen LogP contribution in [0, 0.1) is 0 Å². The van der Waals surface area contributed by atoms with E-state index < -0.39 is 0 Å². The Morgan fingerprint density at radius 1 is 1.31 bits per heavy atom. The van der Waals surface area contributed by atoms with Crippen molar-refractivity contribution in [3.05, 3.63) is 30.4 Å². The van der Waals surface area contributed by atoms with Crippen LogP contribution in [0.4, 0.5) is 5.82 Å². The summed E-state index contributed by atoms with van der Waals surface area (Å²) in [6.07, 6.45) is 4.26. The van der Waals surface area contributed by atoms with Crippen LogP contribution in [0.2, 0.25) is 0 Å². The molecule has 3 aromatic heterocycles. The second-order valence-corrected chi connectivity index (χ2v) is 7.23. The van der Waals surface area contributed by atoms with Crippen LogP contribution < -0.4 is 10.6 Å². The Labute approximate surface area is 173 Å². The zero-order valence-electron chi connectivity index (χ0n) is 16.7. The van der Waals surface area contributed by atoms with Gasteiger partial charge in [-0.15, -0.1) is 0 Å². The van der Waals surface area contributed by atoms with Crippen molar-refractivity contribution in [2.75, 3.05) is 37.4 Å². The Kier molecular flexibility index (Phi) is 7.88. The average molecular weight is 419 g/mol. The van der Waals surface area contributed by atoms with Crippen molar-refractivity contribution in [2.24, 2.45) is 0 Å². The van der Waals surface area contributed by atoms with E-state index in [1.54, 1.807) is 34.8 Å². The van der Waals surface area contributed by atoms with Crippen molar-refractivity contribution in [3.8, 4) is 0 Å². The summed E-state index contributed by atoms with van der Waals surface area (Å²) in [5.74, 6) is 1.73. The van der Waals surface area contributed by atoms with E-state index in [9.17, 15) is 4.79 Å². The first-order chi connectivity index (χ1) is 14.2. The van der Waals surface area contributed by atoms with Gasteiger partial charge in [0, 0.05) is 25.4 Å². The lowest BCUT2D eigenvalue weighted by Gasteiger charge is -2.10. The van der Waals surface area contributed by atoms with Crippen LogP contribution in [0.5, 0.6) is 0 Å². The number of hydrogen-bond donors (Lipinski definition) is 2. The van der Waals surface area contributed by atoms with Gasteiger partial charge in [-0.2, -0.15) is 5.10 Å². The fraction of sp³-hybridized carbons (Fsp3) is 0.474. The number of carbonyl (C=O) groups is 1. The molecule has 3 heterocycles. The van der Waals surface area contributed by atoms with Gasteiger partial charge in [0.2, 0.25) is 0 Å². The molecule has 0 bridgehead atoms. The lowest BCUT2D eigenvalue weighted by atomic mass is 10.4. The number of rotatable bonds is 12. The topological polar surface area (TPSA) is 107 Å². The summed E-state index contributed by atoms with van der Waals surface area (Å²) in [6.45, 7) is 6.93. The highest BCUT2D eigenvalue weighted by molar-refractivity contribution is 7.99. The number of nitrogens with one attached hydrogen (secondary N) is 2. The first-order valence-corrected chi connectivity index (χ1v) is 10.7. The van der Waals surface area contributed by atoms with Crippen LogP contribution >= 0.6 is 11.8 Å². The van der Waals surface area contributed by atoms with Crippen LogP contribution in [-0.4, -0.2) is 57.7 Å². The molecule has 0 saturated heterocycles. The summed E-state index contributed by atoms with van der Waals surface area (Å²) in [5.41, 5.74) is 0.741. The second-order valence-electron chi connectivity index (χ2n) is 6.17. The highest BCUT2D eigenvalue weighted by Gasteiger charge is 2.14. The molecule has 0 saturated carbocycles. The van der Waals surface area contributed by atoms with Crippen LogP contribution in [0.1, 0.15) is 30.8 Å². The van der Waals surface area contributed by atoms with Gasteiger partial charge in [0.15, 0.2) is 16.6 Å². The quantitative estimate of drug-likeness (QED) is 0.263. The molecule has 10 heteroatoms. The van der Waals surface area contributed by atoms with E-state index in [1.165, 1.54) is 6.26 Å². The zero-order chi connectivity index (χ0) is 20.5. The smallest absolute Gasteiger partial charge is 0.287 e. The fourth-order valence-electron chi connectivity index (χ4n) is 2.65. The van der Waals surface area contributed by atoms with Crippen LogP contribution in [0.25, 0.3) is 11.0 Å². The molecule has 1 amide bonds. The van der Waals surface area contributed by atoms with Gasteiger partial charge in [-0.1, -0.05) is 18.7 Å². The molecule has 0 radical (unpaired) electrons. The summed E-state index contributed by atoms with van der Waals surface area (Å²) >= 11 is 1.62. The van der Waals surface area contributed by atoms with Crippen LogP contribution in [-0.2, 0) is 11.3 Å². The number of nitrogens with zero attached hydrogens (tertiary/aromatic N) is 4. The van der Waals surface area contributed by atoms with Crippen molar-refractivity contribution in [1.29, 1.82) is 0 Å². The summed E-state index contributed by atoms with van der Waals surface area (Å²) in [5, 5.41) is 12.1. The number of carbonyl (C=O) groups excluding carboxylic acids is 1. The minimum absolute atomic E-state index is 0.251. The fourth-order valence-corrected chi connectivity index (χ4v) is 3.34. The Morgan fingerprint density at radius 3 is 2.97 bits per heavy atom. The molecule has 0 aromatic carbocycles. The predicted octanol–water partition coefficient (Wildman–Crippen LogP) is 2.80. The third-order valence-electron chi connectivity index (χ3n) is 4.01. The molecule has 3 rings (SSSR count). The monoisotopic (exact) mass is 418 g/mol. The van der Waals surface area contributed by atoms with E-state index in [0.29, 0.717) is 38.0 Å².